The first kappa shape index (κ1) is 18.9. The summed E-state index contributed by atoms with van der Waals surface area (Å²) in [4.78, 5) is 13.6. The summed E-state index contributed by atoms with van der Waals surface area (Å²) in [5.41, 5.74) is 2.98. The molecule has 0 fully saturated rings. The molecule has 1 aromatic carbocycles. The van der Waals surface area contributed by atoms with Crippen LogP contribution in [-0.4, -0.2) is 18.2 Å². The Hall–Kier alpha value is -1.92. The molecule has 0 saturated heterocycles. The van der Waals surface area contributed by atoms with Crippen molar-refractivity contribution in [2.45, 2.75) is 45.1 Å². The molecule has 1 atom stereocenters. The van der Waals surface area contributed by atoms with Crippen LogP contribution in [0.15, 0.2) is 30.3 Å². The number of ether oxygens (including phenoxy) is 1. The lowest BCUT2D eigenvalue weighted by atomic mass is 9.95. The highest BCUT2D eigenvalue weighted by atomic mass is 32.1. The molecule has 0 amide bonds. The van der Waals surface area contributed by atoms with Gasteiger partial charge in [-0.15, -0.1) is 11.3 Å². The second-order valence-corrected chi connectivity index (χ2v) is 7.89. The third kappa shape index (κ3) is 4.07. The molecule has 1 heterocycles. The number of rotatable bonds is 5. The monoisotopic (exact) mass is 388 g/mol. The Morgan fingerprint density at radius 1 is 1.27 bits per heavy atom. The van der Waals surface area contributed by atoms with Crippen LogP contribution in [0.25, 0.3) is 0 Å². The van der Waals surface area contributed by atoms with Crippen molar-refractivity contribution in [1.29, 1.82) is 0 Å². The Balaban J connectivity index is 1.78. The zero-order chi connectivity index (χ0) is 18.5. The van der Waals surface area contributed by atoms with Gasteiger partial charge in [-0.25, -0.2) is 4.79 Å². The fourth-order valence-electron chi connectivity index (χ4n) is 3.38. The zero-order valence-corrected chi connectivity index (χ0v) is 16.8. The summed E-state index contributed by atoms with van der Waals surface area (Å²) in [7, 11) is 1.43. The Morgan fingerprint density at radius 2 is 2.00 bits per heavy atom. The van der Waals surface area contributed by atoms with E-state index in [0.29, 0.717) is 10.7 Å². The van der Waals surface area contributed by atoms with Gasteiger partial charge in [0.25, 0.3) is 0 Å². The number of anilines is 1. The van der Waals surface area contributed by atoms with Crippen molar-refractivity contribution < 1.29 is 9.53 Å². The van der Waals surface area contributed by atoms with Gasteiger partial charge >= 0.3 is 5.97 Å². The molecular formula is C20H24N2O2S2. The number of hydrogen-bond acceptors (Lipinski definition) is 4. The maximum atomic E-state index is 12.3. The molecule has 0 radical (unpaired) electrons. The number of hydrogen-bond donors (Lipinski definition) is 2. The predicted octanol–water partition coefficient (Wildman–Crippen LogP) is 4.85. The molecule has 2 N–H and O–H groups in total. The van der Waals surface area contributed by atoms with Gasteiger partial charge in [0.2, 0.25) is 0 Å². The number of carbonyl (C=O) groups excluding carboxylic acids is 1. The highest BCUT2D eigenvalue weighted by Gasteiger charge is 2.26. The summed E-state index contributed by atoms with van der Waals surface area (Å²) in [6.07, 6.45) is 5.15. The van der Waals surface area contributed by atoms with Crippen molar-refractivity contribution in [1.82, 2.24) is 5.32 Å². The summed E-state index contributed by atoms with van der Waals surface area (Å²) >= 11 is 7.16. The van der Waals surface area contributed by atoms with Crippen molar-refractivity contribution in [3.8, 4) is 0 Å². The number of thiocarbonyl (C=S) groups is 1. The molecule has 138 valence electrons. The molecular weight excluding hydrogens is 364 g/mol. The summed E-state index contributed by atoms with van der Waals surface area (Å²) < 4.78 is 5.02. The fourth-order valence-corrected chi connectivity index (χ4v) is 4.97. The summed E-state index contributed by atoms with van der Waals surface area (Å²) in [5, 5.41) is 7.95. The van der Waals surface area contributed by atoms with Gasteiger partial charge in [0.1, 0.15) is 5.00 Å². The maximum Gasteiger partial charge on any atom is 0.341 e. The Kier molecular flexibility index (Phi) is 6.27. The van der Waals surface area contributed by atoms with Crippen molar-refractivity contribution in [2.24, 2.45) is 0 Å². The van der Waals surface area contributed by atoms with Gasteiger partial charge in [0.05, 0.1) is 18.7 Å². The highest BCUT2D eigenvalue weighted by Crippen LogP contribution is 2.38. The van der Waals surface area contributed by atoms with Gasteiger partial charge in [-0.3, -0.25) is 0 Å². The predicted molar refractivity (Wildman–Crippen MR) is 111 cm³/mol. The lowest BCUT2D eigenvalue weighted by Crippen LogP contribution is -2.32. The number of fused-ring (bicyclic) bond motifs is 1. The lowest BCUT2D eigenvalue weighted by molar-refractivity contribution is 0.0601. The number of methoxy groups -OCH3 is 1. The molecule has 1 unspecified atom stereocenters. The quantitative estimate of drug-likeness (QED) is 0.566. The molecule has 26 heavy (non-hydrogen) atoms. The molecule has 0 aliphatic heterocycles. The van der Waals surface area contributed by atoms with E-state index in [1.165, 1.54) is 24.0 Å². The van der Waals surface area contributed by atoms with Crippen LogP contribution in [-0.2, 0) is 17.6 Å². The van der Waals surface area contributed by atoms with Crippen LogP contribution in [0.3, 0.4) is 0 Å². The Bertz CT molecular complexity index is 787. The van der Waals surface area contributed by atoms with Crippen molar-refractivity contribution in [3.63, 3.8) is 0 Å². The molecule has 1 aromatic heterocycles. The number of carbonyl (C=O) groups is 1. The van der Waals surface area contributed by atoms with Crippen LogP contribution in [0, 0.1) is 0 Å². The SMILES string of the molecule is CCC(NC(=S)Nc1sc2c(c1C(=O)OC)CCCC2)c1ccccc1. The van der Waals surface area contributed by atoms with Crippen LogP contribution >= 0.6 is 23.6 Å². The molecule has 3 rings (SSSR count). The number of benzene rings is 1. The van der Waals surface area contributed by atoms with Crippen LogP contribution in [0.2, 0.25) is 0 Å². The first-order chi connectivity index (χ1) is 12.6. The largest absolute Gasteiger partial charge is 0.465 e. The Labute approximate surface area is 164 Å². The zero-order valence-electron chi connectivity index (χ0n) is 15.1. The average molecular weight is 389 g/mol. The lowest BCUT2D eigenvalue weighted by Gasteiger charge is -2.20. The van der Waals surface area contributed by atoms with E-state index in [1.54, 1.807) is 11.3 Å². The molecule has 0 spiro atoms. The molecule has 4 nitrogen and oxygen atoms in total. The molecule has 2 aromatic rings. The van der Waals surface area contributed by atoms with Crippen molar-refractivity contribution in [3.05, 3.63) is 51.9 Å². The standard InChI is InChI=1S/C20H24N2O2S2/c1-3-15(13-9-5-4-6-10-13)21-20(25)22-18-17(19(23)24-2)14-11-7-8-12-16(14)26-18/h4-6,9-10,15H,3,7-8,11-12H2,1-2H3,(H2,21,22,25). The van der Waals surface area contributed by atoms with E-state index in [-0.39, 0.29) is 12.0 Å². The van der Waals surface area contributed by atoms with Crippen LogP contribution in [0.1, 0.15) is 58.6 Å². The molecule has 6 heteroatoms. The second-order valence-electron chi connectivity index (χ2n) is 6.38. The van der Waals surface area contributed by atoms with E-state index in [0.717, 1.165) is 36.2 Å². The minimum Gasteiger partial charge on any atom is -0.465 e. The third-order valence-corrected chi connectivity index (χ3v) is 6.13. The first-order valence-electron chi connectivity index (χ1n) is 8.99. The van der Waals surface area contributed by atoms with Crippen LogP contribution in [0.5, 0.6) is 0 Å². The van der Waals surface area contributed by atoms with Crippen LogP contribution in [0.4, 0.5) is 5.00 Å². The molecule has 1 aliphatic carbocycles. The van der Waals surface area contributed by atoms with Crippen molar-refractivity contribution in [2.75, 3.05) is 12.4 Å². The minimum absolute atomic E-state index is 0.132. The van der Waals surface area contributed by atoms with Gasteiger partial charge < -0.3 is 15.4 Å². The number of esters is 1. The number of nitrogens with one attached hydrogen (secondary N) is 2. The van der Waals surface area contributed by atoms with E-state index >= 15 is 0 Å². The maximum absolute atomic E-state index is 12.3. The van der Waals surface area contributed by atoms with E-state index in [2.05, 4.69) is 29.7 Å². The number of aryl methyl sites for hydroxylation is 1. The molecule has 0 bridgehead atoms. The van der Waals surface area contributed by atoms with E-state index in [4.69, 9.17) is 17.0 Å². The van der Waals surface area contributed by atoms with Gasteiger partial charge in [0.15, 0.2) is 5.11 Å². The van der Waals surface area contributed by atoms with E-state index in [1.807, 2.05) is 18.2 Å². The summed E-state index contributed by atoms with van der Waals surface area (Å²) in [6.45, 7) is 2.12. The topological polar surface area (TPSA) is 50.4 Å². The van der Waals surface area contributed by atoms with Gasteiger partial charge in [-0.05, 0) is 55.4 Å². The second kappa shape index (κ2) is 8.64. The Morgan fingerprint density at radius 3 is 2.69 bits per heavy atom. The molecule has 0 saturated carbocycles. The highest BCUT2D eigenvalue weighted by molar-refractivity contribution is 7.80. The molecule has 1 aliphatic rings. The van der Waals surface area contributed by atoms with Gasteiger partial charge in [-0.2, -0.15) is 0 Å². The minimum atomic E-state index is -0.287. The summed E-state index contributed by atoms with van der Waals surface area (Å²) in [6, 6.07) is 10.4. The van der Waals surface area contributed by atoms with Gasteiger partial charge in [0, 0.05) is 4.88 Å². The van der Waals surface area contributed by atoms with E-state index in [9.17, 15) is 4.79 Å². The smallest absolute Gasteiger partial charge is 0.341 e. The fraction of sp³-hybridized carbons (Fsp3) is 0.400. The normalized spacial score (nSPS) is 14.2. The average Bonchev–Trinajstić information content (AvgIpc) is 3.03. The van der Waals surface area contributed by atoms with E-state index < -0.39 is 0 Å². The van der Waals surface area contributed by atoms with Gasteiger partial charge in [-0.1, -0.05) is 37.3 Å². The van der Waals surface area contributed by atoms with Crippen molar-refractivity contribution >= 4 is 39.6 Å². The number of thiophene rings is 1. The first-order valence-corrected chi connectivity index (χ1v) is 10.2. The third-order valence-electron chi connectivity index (χ3n) is 4.70. The summed E-state index contributed by atoms with van der Waals surface area (Å²) in [5.74, 6) is -0.287. The van der Waals surface area contributed by atoms with Crippen LogP contribution < -0.4 is 10.6 Å².